The first-order chi connectivity index (χ1) is 4.90. The van der Waals surface area contributed by atoms with Crippen LogP contribution in [0.2, 0.25) is 0 Å². The predicted molar refractivity (Wildman–Crippen MR) is 50.9 cm³/mol. The van der Waals surface area contributed by atoms with Gasteiger partial charge in [0.05, 0.1) is 12.0 Å². The van der Waals surface area contributed by atoms with Crippen molar-refractivity contribution >= 4 is 45.6 Å². The number of thioether (sulfide) groups is 1. The average Bonchev–Trinajstić information content (AvgIpc) is 2.42. The second-order valence-electron chi connectivity index (χ2n) is 1.85. The summed E-state index contributed by atoms with van der Waals surface area (Å²) in [6.45, 7) is 0. The minimum Gasteiger partial charge on any atom is -0.195 e. The van der Waals surface area contributed by atoms with E-state index < -0.39 is 0 Å². The average molecular weight is 189 g/mol. The van der Waals surface area contributed by atoms with Crippen LogP contribution in [0.4, 0.5) is 0 Å². The van der Waals surface area contributed by atoms with E-state index in [4.69, 9.17) is 0 Å². The molecule has 0 fully saturated rings. The summed E-state index contributed by atoms with van der Waals surface area (Å²) >= 11 is 5.80. The molecule has 0 aromatic carbocycles. The van der Waals surface area contributed by atoms with Crippen LogP contribution in [0.15, 0.2) is 16.2 Å². The fourth-order valence-electron chi connectivity index (χ4n) is 0.829. The maximum atomic E-state index is 4.29. The number of hydrogen-bond acceptors (Lipinski definition) is 4. The van der Waals surface area contributed by atoms with Gasteiger partial charge in [-0.05, 0) is 27.5 Å². The van der Waals surface area contributed by atoms with E-state index in [1.165, 1.54) is 10.8 Å². The van der Waals surface area contributed by atoms with Crippen LogP contribution in [-0.4, -0.2) is 21.7 Å². The summed E-state index contributed by atoms with van der Waals surface area (Å²) in [4.78, 5) is 4.29. The van der Waals surface area contributed by atoms with E-state index in [0.717, 1.165) is 15.9 Å². The molecule has 2 aliphatic heterocycles. The van der Waals surface area contributed by atoms with Crippen LogP contribution in [0.5, 0.6) is 0 Å². The predicted octanol–water partition coefficient (Wildman–Crippen LogP) is 1.56. The SMILES string of the molecule is SSC1=C[N+]2=CCSC2=N1. The molecule has 10 heavy (non-hydrogen) atoms. The molecule has 0 unspecified atom stereocenters. The smallest absolute Gasteiger partial charge is 0.195 e. The Morgan fingerprint density at radius 2 is 2.70 bits per heavy atom. The van der Waals surface area contributed by atoms with E-state index in [2.05, 4.69) is 22.9 Å². The van der Waals surface area contributed by atoms with E-state index in [-0.39, 0.29) is 0 Å². The summed E-state index contributed by atoms with van der Waals surface area (Å²) in [6.07, 6.45) is 4.10. The molecule has 0 saturated heterocycles. The van der Waals surface area contributed by atoms with Gasteiger partial charge in [0.25, 0.3) is 5.03 Å². The van der Waals surface area contributed by atoms with Crippen LogP contribution < -0.4 is 0 Å². The third kappa shape index (κ3) is 1.02. The Morgan fingerprint density at radius 3 is 3.40 bits per heavy atom. The van der Waals surface area contributed by atoms with Crippen molar-refractivity contribution in [3.63, 3.8) is 0 Å². The monoisotopic (exact) mass is 189 g/mol. The van der Waals surface area contributed by atoms with Crippen LogP contribution in [-0.2, 0) is 0 Å². The van der Waals surface area contributed by atoms with E-state index in [1.54, 1.807) is 11.8 Å². The molecule has 0 saturated carbocycles. The van der Waals surface area contributed by atoms with Crippen LogP contribution in [0.25, 0.3) is 0 Å². The van der Waals surface area contributed by atoms with Gasteiger partial charge in [0.15, 0.2) is 6.20 Å². The van der Waals surface area contributed by atoms with Gasteiger partial charge in [-0.25, -0.2) is 0 Å². The van der Waals surface area contributed by atoms with Crippen molar-refractivity contribution in [2.45, 2.75) is 0 Å². The number of amidine groups is 1. The third-order valence-corrected chi connectivity index (χ3v) is 3.07. The summed E-state index contributed by atoms with van der Waals surface area (Å²) < 4.78 is 2.04. The van der Waals surface area contributed by atoms with E-state index in [1.807, 2.05) is 10.8 Å². The number of nitrogens with zero attached hydrogens (tertiary/aromatic N) is 2. The fourth-order valence-corrected chi connectivity index (χ4v) is 2.26. The Balaban J connectivity index is 2.33. The summed E-state index contributed by atoms with van der Waals surface area (Å²) in [5.41, 5.74) is 0. The molecule has 0 aromatic heterocycles. The second-order valence-corrected chi connectivity index (χ2v) is 3.99. The molecule has 0 bridgehead atoms. The summed E-state index contributed by atoms with van der Waals surface area (Å²) in [5, 5.41) is 2.05. The number of thiol groups is 1. The van der Waals surface area contributed by atoms with E-state index in [0.29, 0.717) is 0 Å². The van der Waals surface area contributed by atoms with Crippen molar-refractivity contribution in [1.29, 1.82) is 0 Å². The molecule has 2 aliphatic rings. The normalized spacial score (nSPS) is 21.9. The molecule has 0 aliphatic carbocycles. The van der Waals surface area contributed by atoms with Crippen molar-refractivity contribution < 1.29 is 4.58 Å². The third-order valence-electron chi connectivity index (χ3n) is 1.25. The molecule has 2 heterocycles. The van der Waals surface area contributed by atoms with Crippen LogP contribution in [0.1, 0.15) is 0 Å². The lowest BCUT2D eigenvalue weighted by molar-refractivity contribution is -0.305. The highest BCUT2D eigenvalue weighted by molar-refractivity contribution is 8.70. The molecule has 2 rings (SSSR count). The summed E-state index contributed by atoms with van der Waals surface area (Å²) in [7, 11) is 1.38. The standard InChI is InChI=1S/C5H4N2S3/c8-10-4-3-7-1-2-9-5(7)6-4/h1,3H,2H2/p+1. The molecular formula is C5H5N2S3+. The Labute approximate surface area is 72.3 Å². The molecule has 0 atom stereocenters. The molecule has 0 spiro atoms. The highest BCUT2D eigenvalue weighted by atomic mass is 33.1. The van der Waals surface area contributed by atoms with Crippen molar-refractivity contribution in [2.75, 3.05) is 5.75 Å². The van der Waals surface area contributed by atoms with Gasteiger partial charge >= 0.3 is 5.17 Å². The van der Waals surface area contributed by atoms with Crippen molar-refractivity contribution in [3.8, 4) is 0 Å². The Hall–Kier alpha value is 0.130. The molecule has 0 amide bonds. The van der Waals surface area contributed by atoms with Crippen molar-refractivity contribution in [2.24, 2.45) is 4.99 Å². The minimum absolute atomic E-state index is 0.974. The van der Waals surface area contributed by atoms with Gasteiger partial charge in [0, 0.05) is 0 Å². The van der Waals surface area contributed by atoms with Gasteiger partial charge in [-0.1, -0.05) is 0 Å². The van der Waals surface area contributed by atoms with Gasteiger partial charge in [-0.15, -0.1) is 11.7 Å². The van der Waals surface area contributed by atoms with Gasteiger partial charge in [0.1, 0.15) is 0 Å². The number of rotatable bonds is 1. The maximum Gasteiger partial charge on any atom is 0.365 e. The first kappa shape index (κ1) is 6.82. The molecule has 52 valence electrons. The quantitative estimate of drug-likeness (QED) is 0.382. The first-order valence-electron chi connectivity index (χ1n) is 2.76. The highest BCUT2D eigenvalue weighted by Crippen LogP contribution is 2.28. The topological polar surface area (TPSA) is 15.4 Å². The van der Waals surface area contributed by atoms with Gasteiger partial charge in [-0.3, -0.25) is 0 Å². The largest absolute Gasteiger partial charge is 0.365 e. The molecule has 0 N–H and O–H groups in total. The van der Waals surface area contributed by atoms with E-state index >= 15 is 0 Å². The number of fused-ring (bicyclic) bond motifs is 1. The molecule has 0 aromatic rings. The second kappa shape index (κ2) is 2.64. The maximum absolute atomic E-state index is 4.29. The first-order valence-corrected chi connectivity index (χ1v) is 5.62. The molecule has 5 heteroatoms. The van der Waals surface area contributed by atoms with Gasteiger partial charge in [-0.2, -0.15) is 4.58 Å². The van der Waals surface area contributed by atoms with Gasteiger partial charge in [0.2, 0.25) is 0 Å². The van der Waals surface area contributed by atoms with Crippen molar-refractivity contribution in [3.05, 3.63) is 11.2 Å². The van der Waals surface area contributed by atoms with Crippen LogP contribution >= 0.6 is 34.2 Å². The lowest BCUT2D eigenvalue weighted by Gasteiger charge is -1.77. The minimum atomic E-state index is 0.974. The highest BCUT2D eigenvalue weighted by Gasteiger charge is 2.28. The Bertz CT molecular complexity index is 254. The molecule has 2 nitrogen and oxygen atoms in total. The van der Waals surface area contributed by atoms with Crippen molar-refractivity contribution in [1.82, 2.24) is 0 Å². The fraction of sp³-hybridized carbons (Fsp3) is 0.200. The Kier molecular flexibility index (Phi) is 1.80. The van der Waals surface area contributed by atoms with Crippen LogP contribution in [0.3, 0.4) is 0 Å². The summed E-state index contributed by atoms with van der Waals surface area (Å²) in [6, 6.07) is 0. The zero-order valence-electron chi connectivity index (χ0n) is 5.02. The number of aliphatic imine (C=N–C) groups is 1. The number of hydrogen-bond donors (Lipinski definition) is 1. The van der Waals surface area contributed by atoms with E-state index in [9.17, 15) is 0 Å². The van der Waals surface area contributed by atoms with Gasteiger partial charge < -0.3 is 0 Å². The lowest BCUT2D eigenvalue weighted by atomic mass is 10.8. The molecular weight excluding hydrogens is 184 g/mol. The summed E-state index contributed by atoms with van der Waals surface area (Å²) in [5.74, 6) is 1.04. The Morgan fingerprint density at radius 1 is 1.80 bits per heavy atom. The lowest BCUT2D eigenvalue weighted by Crippen LogP contribution is -2.00. The zero-order chi connectivity index (χ0) is 6.97. The van der Waals surface area contributed by atoms with Crippen LogP contribution in [0, 0.1) is 0 Å². The zero-order valence-corrected chi connectivity index (χ0v) is 7.55. The molecule has 0 radical (unpaired) electrons.